The van der Waals surface area contributed by atoms with Crippen molar-refractivity contribution in [2.45, 2.75) is 59.3 Å². The third-order valence-electron chi connectivity index (χ3n) is 2.43. The zero-order valence-electron chi connectivity index (χ0n) is 10.4. The fraction of sp³-hybridized carbons (Fsp3) is 0.769. The van der Waals surface area contributed by atoms with Crippen LogP contribution in [-0.2, 0) is 4.79 Å². The molecule has 15 heavy (non-hydrogen) atoms. The van der Waals surface area contributed by atoms with E-state index < -0.39 is 0 Å². The molecule has 0 fully saturated rings. The second-order valence-electron chi connectivity index (χ2n) is 3.99. The van der Waals surface area contributed by atoms with E-state index in [0.29, 0.717) is 0 Å². The molecule has 0 aliphatic rings. The lowest BCUT2D eigenvalue weighted by Gasteiger charge is -2.04. The smallest absolute Gasteiger partial charge is 0.246 e. The summed E-state index contributed by atoms with van der Waals surface area (Å²) in [5.41, 5.74) is 0.863. The first-order valence-electron chi connectivity index (χ1n) is 6.17. The van der Waals surface area contributed by atoms with E-state index in [-0.39, 0.29) is 5.91 Å². The summed E-state index contributed by atoms with van der Waals surface area (Å²) in [6.45, 7) is 7.01. The minimum absolute atomic E-state index is 0.0972. The van der Waals surface area contributed by atoms with E-state index in [2.05, 4.69) is 25.2 Å². The lowest BCUT2D eigenvalue weighted by atomic mass is 10.1. The summed E-state index contributed by atoms with van der Waals surface area (Å²) in [6, 6.07) is 0. The van der Waals surface area contributed by atoms with Crippen LogP contribution in [0, 0.1) is 0 Å². The predicted octanol–water partition coefficient (Wildman–Crippen LogP) is 3.43. The average Bonchev–Trinajstić information content (AvgIpc) is 2.24. The lowest BCUT2D eigenvalue weighted by Crippen LogP contribution is -2.24. The molecule has 2 heteroatoms. The number of nitrogens with one attached hydrogen (secondary N) is 1. The molecule has 0 aromatic carbocycles. The third kappa shape index (κ3) is 8.22. The second kappa shape index (κ2) is 9.75. The Morgan fingerprint density at radius 3 is 2.40 bits per heavy atom. The Morgan fingerprint density at radius 1 is 1.13 bits per heavy atom. The average molecular weight is 211 g/mol. The van der Waals surface area contributed by atoms with Gasteiger partial charge >= 0.3 is 0 Å². The summed E-state index contributed by atoms with van der Waals surface area (Å²) >= 11 is 0. The first kappa shape index (κ1) is 14.2. The van der Waals surface area contributed by atoms with Crippen LogP contribution in [0.5, 0.6) is 0 Å². The topological polar surface area (TPSA) is 29.1 Å². The molecule has 1 amide bonds. The van der Waals surface area contributed by atoms with Crippen LogP contribution in [-0.4, -0.2) is 12.5 Å². The highest BCUT2D eigenvalue weighted by atomic mass is 16.1. The lowest BCUT2D eigenvalue weighted by molar-refractivity contribution is -0.117. The van der Waals surface area contributed by atoms with Gasteiger partial charge < -0.3 is 5.32 Å². The van der Waals surface area contributed by atoms with E-state index in [4.69, 9.17) is 0 Å². The quantitative estimate of drug-likeness (QED) is 0.483. The van der Waals surface area contributed by atoms with Crippen LogP contribution >= 0.6 is 0 Å². The first-order chi connectivity index (χ1) is 7.22. The van der Waals surface area contributed by atoms with E-state index in [0.717, 1.165) is 31.4 Å². The Morgan fingerprint density at radius 2 is 1.80 bits per heavy atom. The number of amides is 1. The molecule has 0 atom stereocenters. The molecule has 0 saturated carbocycles. The standard InChI is InChI=1S/C13H25NO/c1-4-6-8-9-10-12(3)13(15)14-11-7-5-2/h10H,4-9,11H2,1-3H3,(H,14,15)/b12-10+. The Balaban J connectivity index is 3.66. The minimum atomic E-state index is 0.0972. The van der Waals surface area contributed by atoms with E-state index in [1.165, 1.54) is 19.3 Å². The van der Waals surface area contributed by atoms with Gasteiger partial charge in [0.15, 0.2) is 0 Å². The maximum atomic E-state index is 11.5. The largest absolute Gasteiger partial charge is 0.352 e. The number of carbonyl (C=O) groups excluding carboxylic acids is 1. The van der Waals surface area contributed by atoms with E-state index >= 15 is 0 Å². The summed E-state index contributed by atoms with van der Waals surface area (Å²) in [5.74, 6) is 0.0972. The Hall–Kier alpha value is -0.790. The van der Waals surface area contributed by atoms with Crippen LogP contribution < -0.4 is 5.32 Å². The molecule has 0 aromatic rings. The molecule has 0 saturated heterocycles. The van der Waals surface area contributed by atoms with Crippen LogP contribution in [0.1, 0.15) is 59.3 Å². The molecule has 0 spiro atoms. The molecular weight excluding hydrogens is 186 g/mol. The van der Waals surface area contributed by atoms with Gasteiger partial charge in [0.1, 0.15) is 0 Å². The Bertz CT molecular complexity index is 197. The zero-order valence-corrected chi connectivity index (χ0v) is 10.4. The molecule has 1 N–H and O–H groups in total. The summed E-state index contributed by atoms with van der Waals surface area (Å²) in [5, 5.41) is 2.92. The molecular formula is C13H25NO. The van der Waals surface area contributed by atoms with E-state index in [9.17, 15) is 4.79 Å². The van der Waals surface area contributed by atoms with Crippen molar-refractivity contribution in [3.8, 4) is 0 Å². The van der Waals surface area contributed by atoms with Gasteiger partial charge in [-0.2, -0.15) is 0 Å². The Labute approximate surface area is 94.1 Å². The normalized spacial score (nSPS) is 11.5. The fourth-order valence-electron chi connectivity index (χ4n) is 1.32. The number of carbonyl (C=O) groups is 1. The van der Waals surface area contributed by atoms with Crippen molar-refractivity contribution in [3.63, 3.8) is 0 Å². The molecule has 0 unspecified atom stereocenters. The van der Waals surface area contributed by atoms with Crippen molar-refractivity contribution < 1.29 is 4.79 Å². The number of rotatable bonds is 8. The van der Waals surface area contributed by atoms with Crippen molar-refractivity contribution in [1.82, 2.24) is 5.32 Å². The monoisotopic (exact) mass is 211 g/mol. The highest BCUT2D eigenvalue weighted by molar-refractivity contribution is 5.92. The van der Waals surface area contributed by atoms with E-state index in [1.807, 2.05) is 6.92 Å². The van der Waals surface area contributed by atoms with Crippen LogP contribution in [0.25, 0.3) is 0 Å². The summed E-state index contributed by atoms with van der Waals surface area (Å²) in [7, 11) is 0. The number of hydrogen-bond acceptors (Lipinski definition) is 1. The minimum Gasteiger partial charge on any atom is -0.352 e. The van der Waals surface area contributed by atoms with Crippen molar-refractivity contribution in [2.75, 3.05) is 6.54 Å². The first-order valence-corrected chi connectivity index (χ1v) is 6.17. The van der Waals surface area contributed by atoms with Crippen molar-refractivity contribution in [1.29, 1.82) is 0 Å². The second-order valence-corrected chi connectivity index (χ2v) is 3.99. The van der Waals surface area contributed by atoms with Gasteiger partial charge in [0.2, 0.25) is 5.91 Å². The number of hydrogen-bond donors (Lipinski definition) is 1. The van der Waals surface area contributed by atoms with Gasteiger partial charge in [-0.1, -0.05) is 39.2 Å². The molecule has 88 valence electrons. The molecule has 0 heterocycles. The maximum Gasteiger partial charge on any atom is 0.246 e. The number of unbranched alkanes of at least 4 members (excludes halogenated alkanes) is 4. The van der Waals surface area contributed by atoms with E-state index in [1.54, 1.807) is 0 Å². The highest BCUT2D eigenvalue weighted by Crippen LogP contribution is 2.03. The van der Waals surface area contributed by atoms with Crippen molar-refractivity contribution in [3.05, 3.63) is 11.6 Å². The molecule has 0 rings (SSSR count). The highest BCUT2D eigenvalue weighted by Gasteiger charge is 2.01. The molecule has 0 radical (unpaired) electrons. The SMILES string of the molecule is CCCCC/C=C(\C)C(=O)NCCCC. The van der Waals surface area contributed by atoms with Gasteiger partial charge in [-0.3, -0.25) is 4.79 Å². The molecule has 2 nitrogen and oxygen atoms in total. The van der Waals surface area contributed by atoms with Gasteiger partial charge in [-0.15, -0.1) is 0 Å². The van der Waals surface area contributed by atoms with Crippen LogP contribution in [0.3, 0.4) is 0 Å². The maximum absolute atomic E-state index is 11.5. The van der Waals surface area contributed by atoms with Crippen LogP contribution in [0.4, 0.5) is 0 Å². The molecule has 0 aromatic heterocycles. The van der Waals surface area contributed by atoms with Gasteiger partial charge in [0.25, 0.3) is 0 Å². The van der Waals surface area contributed by atoms with Crippen LogP contribution in [0.2, 0.25) is 0 Å². The summed E-state index contributed by atoms with van der Waals surface area (Å²) in [6.07, 6.45) is 8.94. The van der Waals surface area contributed by atoms with Gasteiger partial charge in [-0.25, -0.2) is 0 Å². The third-order valence-corrected chi connectivity index (χ3v) is 2.43. The summed E-state index contributed by atoms with van der Waals surface area (Å²) in [4.78, 5) is 11.5. The molecule has 0 aliphatic heterocycles. The molecule has 0 aliphatic carbocycles. The molecule has 0 bridgehead atoms. The summed E-state index contributed by atoms with van der Waals surface area (Å²) < 4.78 is 0. The van der Waals surface area contributed by atoms with Crippen LogP contribution in [0.15, 0.2) is 11.6 Å². The van der Waals surface area contributed by atoms with Gasteiger partial charge in [0.05, 0.1) is 0 Å². The Kier molecular flexibility index (Phi) is 9.24. The van der Waals surface area contributed by atoms with Crippen molar-refractivity contribution >= 4 is 5.91 Å². The number of allylic oxidation sites excluding steroid dienone is 1. The van der Waals surface area contributed by atoms with Gasteiger partial charge in [0, 0.05) is 12.1 Å². The zero-order chi connectivity index (χ0) is 11.5. The predicted molar refractivity (Wildman–Crippen MR) is 65.8 cm³/mol. The van der Waals surface area contributed by atoms with Gasteiger partial charge in [-0.05, 0) is 26.2 Å². The fourth-order valence-corrected chi connectivity index (χ4v) is 1.32. The van der Waals surface area contributed by atoms with Crippen molar-refractivity contribution in [2.24, 2.45) is 0 Å².